The molecule has 0 aliphatic heterocycles. The largest absolute Gasteiger partial charge is 0.386 e. The van der Waals surface area contributed by atoms with Gasteiger partial charge in [-0.3, -0.25) is 0 Å². The van der Waals surface area contributed by atoms with Crippen LogP contribution in [0.15, 0.2) is 65.6 Å². The Balaban J connectivity index is 2.15. The molecule has 6 heteroatoms. The van der Waals surface area contributed by atoms with Crippen molar-refractivity contribution in [1.29, 1.82) is 0 Å². The first-order valence-electron chi connectivity index (χ1n) is 6.75. The smallest absolute Gasteiger partial charge is 0.375 e. The van der Waals surface area contributed by atoms with Gasteiger partial charge in [0.2, 0.25) is 9.84 Å². The Bertz CT molecular complexity index is 701. The van der Waals surface area contributed by atoms with Crippen LogP contribution in [0.1, 0.15) is 12.0 Å². The third kappa shape index (κ3) is 3.34. The maximum absolute atomic E-state index is 14.1. The van der Waals surface area contributed by atoms with Gasteiger partial charge in [0.1, 0.15) is 6.10 Å². The van der Waals surface area contributed by atoms with Crippen LogP contribution in [0.25, 0.3) is 0 Å². The van der Waals surface area contributed by atoms with Gasteiger partial charge >= 0.3 is 5.25 Å². The summed E-state index contributed by atoms with van der Waals surface area (Å²) in [6.45, 7) is 0. The molecule has 2 aromatic rings. The van der Waals surface area contributed by atoms with Gasteiger partial charge in [0.05, 0.1) is 4.90 Å². The standard InChI is InChI=1S/C16H16F2O3S/c17-16(18,22(20,21)14-9-5-2-6-10-14)15(19)12-11-13-7-3-1-4-8-13/h1-10,15,19H,11-12H2. The molecule has 0 spiro atoms. The molecule has 0 saturated heterocycles. The molecule has 1 atom stereocenters. The molecular weight excluding hydrogens is 310 g/mol. The molecule has 22 heavy (non-hydrogen) atoms. The lowest BCUT2D eigenvalue weighted by Gasteiger charge is -2.22. The van der Waals surface area contributed by atoms with Gasteiger partial charge in [0.25, 0.3) is 0 Å². The van der Waals surface area contributed by atoms with Gasteiger partial charge < -0.3 is 5.11 Å². The number of hydrogen-bond donors (Lipinski definition) is 1. The zero-order valence-electron chi connectivity index (χ0n) is 11.7. The summed E-state index contributed by atoms with van der Waals surface area (Å²) in [6, 6.07) is 15.2. The minimum atomic E-state index is -4.93. The summed E-state index contributed by atoms with van der Waals surface area (Å²) in [6.07, 6.45) is -2.44. The van der Waals surface area contributed by atoms with E-state index in [1.807, 2.05) is 0 Å². The van der Waals surface area contributed by atoms with Crippen LogP contribution in [-0.4, -0.2) is 24.9 Å². The molecule has 0 saturated carbocycles. The van der Waals surface area contributed by atoms with Crippen molar-refractivity contribution >= 4 is 9.84 Å². The van der Waals surface area contributed by atoms with E-state index >= 15 is 0 Å². The topological polar surface area (TPSA) is 54.4 Å². The number of aliphatic hydroxyl groups excluding tert-OH is 1. The second kappa shape index (κ2) is 6.54. The maximum atomic E-state index is 14.1. The van der Waals surface area contributed by atoms with Crippen molar-refractivity contribution in [2.75, 3.05) is 0 Å². The van der Waals surface area contributed by atoms with Crippen LogP contribution in [0.5, 0.6) is 0 Å². The molecule has 1 unspecified atom stereocenters. The van der Waals surface area contributed by atoms with Crippen molar-refractivity contribution in [2.45, 2.75) is 29.1 Å². The molecule has 0 aliphatic rings. The Morgan fingerprint density at radius 1 is 0.955 bits per heavy atom. The van der Waals surface area contributed by atoms with Crippen molar-refractivity contribution in [2.24, 2.45) is 0 Å². The number of hydrogen-bond acceptors (Lipinski definition) is 3. The van der Waals surface area contributed by atoms with Crippen LogP contribution in [0.3, 0.4) is 0 Å². The van der Waals surface area contributed by atoms with Gasteiger partial charge in [-0.2, -0.15) is 8.78 Å². The molecule has 0 aliphatic carbocycles. The summed E-state index contributed by atoms with van der Waals surface area (Å²) >= 11 is 0. The monoisotopic (exact) mass is 326 g/mol. The molecule has 0 heterocycles. The Morgan fingerprint density at radius 2 is 1.45 bits per heavy atom. The van der Waals surface area contributed by atoms with E-state index < -0.39 is 26.1 Å². The molecule has 2 rings (SSSR count). The van der Waals surface area contributed by atoms with Crippen LogP contribution in [-0.2, 0) is 16.3 Å². The fourth-order valence-corrected chi connectivity index (χ4v) is 3.36. The van der Waals surface area contributed by atoms with Crippen molar-refractivity contribution in [3.05, 3.63) is 66.2 Å². The molecule has 0 aromatic heterocycles. The predicted molar refractivity (Wildman–Crippen MR) is 79.3 cm³/mol. The van der Waals surface area contributed by atoms with Crippen molar-refractivity contribution < 1.29 is 22.3 Å². The molecule has 0 amide bonds. The molecule has 3 nitrogen and oxygen atoms in total. The molecule has 118 valence electrons. The maximum Gasteiger partial charge on any atom is 0.375 e. The van der Waals surface area contributed by atoms with Gasteiger partial charge in [0.15, 0.2) is 0 Å². The van der Waals surface area contributed by atoms with E-state index in [4.69, 9.17) is 0 Å². The third-order valence-corrected chi connectivity index (χ3v) is 5.23. The van der Waals surface area contributed by atoms with Crippen LogP contribution < -0.4 is 0 Å². The number of aryl methyl sites for hydroxylation is 1. The number of alkyl halides is 2. The average Bonchev–Trinajstić information content (AvgIpc) is 2.54. The zero-order chi connectivity index (χ0) is 16.2. The van der Waals surface area contributed by atoms with Crippen molar-refractivity contribution in [1.82, 2.24) is 0 Å². The van der Waals surface area contributed by atoms with Gasteiger partial charge in [-0.05, 0) is 30.5 Å². The summed E-state index contributed by atoms with van der Waals surface area (Å²) in [5, 5.41) is 5.47. The summed E-state index contributed by atoms with van der Waals surface area (Å²) in [5.41, 5.74) is 0.759. The average molecular weight is 326 g/mol. The minimum Gasteiger partial charge on any atom is -0.386 e. The highest BCUT2D eigenvalue weighted by Gasteiger charge is 2.51. The van der Waals surface area contributed by atoms with E-state index in [9.17, 15) is 22.3 Å². The zero-order valence-corrected chi connectivity index (χ0v) is 12.5. The second-order valence-electron chi connectivity index (χ2n) is 4.92. The second-order valence-corrected chi connectivity index (χ2v) is 6.94. The number of rotatable bonds is 6. The van der Waals surface area contributed by atoms with Crippen molar-refractivity contribution in [3.63, 3.8) is 0 Å². The fraction of sp³-hybridized carbons (Fsp3) is 0.250. The molecule has 1 N–H and O–H groups in total. The highest BCUT2D eigenvalue weighted by molar-refractivity contribution is 7.92. The molecular formula is C16H16F2O3S. The van der Waals surface area contributed by atoms with Gasteiger partial charge in [-0.15, -0.1) is 0 Å². The molecule has 0 bridgehead atoms. The molecule has 2 aromatic carbocycles. The first kappa shape index (κ1) is 16.6. The number of benzene rings is 2. The van der Waals surface area contributed by atoms with Crippen LogP contribution in [0, 0.1) is 0 Å². The van der Waals surface area contributed by atoms with Crippen LogP contribution >= 0.6 is 0 Å². The SMILES string of the molecule is O=S(=O)(c1ccccc1)C(F)(F)C(O)CCc1ccccc1. The fourth-order valence-electron chi connectivity index (χ4n) is 2.05. The van der Waals surface area contributed by atoms with E-state index in [0.717, 1.165) is 17.7 Å². The van der Waals surface area contributed by atoms with Gasteiger partial charge in [-0.25, -0.2) is 8.42 Å². The number of sulfone groups is 1. The minimum absolute atomic E-state index is 0.169. The highest BCUT2D eigenvalue weighted by Crippen LogP contribution is 2.33. The van der Waals surface area contributed by atoms with E-state index in [1.165, 1.54) is 18.2 Å². The lowest BCUT2D eigenvalue weighted by atomic mass is 10.1. The van der Waals surface area contributed by atoms with Crippen molar-refractivity contribution in [3.8, 4) is 0 Å². The molecule has 0 fully saturated rings. The van der Waals surface area contributed by atoms with Gasteiger partial charge in [0, 0.05) is 0 Å². The normalized spacial score (nSPS) is 13.8. The summed E-state index contributed by atoms with van der Waals surface area (Å²) in [7, 11) is -4.93. The van der Waals surface area contributed by atoms with E-state index in [1.54, 1.807) is 30.3 Å². The quantitative estimate of drug-likeness (QED) is 0.888. The predicted octanol–water partition coefficient (Wildman–Crippen LogP) is 3.05. The summed E-state index contributed by atoms with van der Waals surface area (Å²) < 4.78 is 52.3. The highest BCUT2D eigenvalue weighted by atomic mass is 32.2. The molecule has 0 radical (unpaired) electrons. The summed E-state index contributed by atoms with van der Waals surface area (Å²) in [4.78, 5) is -0.501. The van der Waals surface area contributed by atoms with Crippen LogP contribution in [0.2, 0.25) is 0 Å². The van der Waals surface area contributed by atoms with Gasteiger partial charge in [-0.1, -0.05) is 48.5 Å². The van der Waals surface area contributed by atoms with Crippen LogP contribution in [0.4, 0.5) is 8.78 Å². The Labute approximate surface area is 128 Å². The number of aliphatic hydroxyl groups is 1. The third-order valence-electron chi connectivity index (χ3n) is 3.35. The summed E-state index contributed by atoms with van der Waals surface area (Å²) in [5.74, 6) is 0. The first-order chi connectivity index (χ1) is 10.4. The van der Waals surface area contributed by atoms with E-state index in [0.29, 0.717) is 0 Å². The van der Waals surface area contributed by atoms with E-state index in [-0.39, 0.29) is 12.8 Å². The Morgan fingerprint density at radius 3 is 2.00 bits per heavy atom. The number of halogens is 2. The Kier molecular flexibility index (Phi) is 4.93. The van der Waals surface area contributed by atoms with E-state index in [2.05, 4.69) is 0 Å². The lowest BCUT2D eigenvalue weighted by Crippen LogP contribution is -2.41. The lowest BCUT2D eigenvalue weighted by molar-refractivity contribution is -0.0449. The first-order valence-corrected chi connectivity index (χ1v) is 8.23. The Hall–Kier alpha value is -1.79.